The van der Waals surface area contributed by atoms with E-state index in [1.165, 1.54) is 0 Å². The summed E-state index contributed by atoms with van der Waals surface area (Å²) >= 11 is 0. The Hall–Kier alpha value is -0.560. The van der Waals surface area contributed by atoms with Crippen LogP contribution in [0.5, 0.6) is 0 Å². The number of hydrogen-bond acceptors (Lipinski definition) is 3. The fraction of sp³-hybridized carbons (Fsp3) is 0.818. The van der Waals surface area contributed by atoms with Gasteiger partial charge in [-0.15, -0.1) is 12.3 Å². The maximum absolute atomic E-state index is 5.56. The van der Waals surface area contributed by atoms with Gasteiger partial charge in [0.15, 0.2) is 0 Å². The minimum Gasteiger partial charge on any atom is -0.302 e. The number of nitrogens with one attached hydrogen (secondary N) is 1. The molecule has 0 heterocycles. The molecule has 0 fully saturated rings. The molecule has 3 heteroatoms. The van der Waals surface area contributed by atoms with Crippen LogP contribution in [0.4, 0.5) is 0 Å². The van der Waals surface area contributed by atoms with Gasteiger partial charge in [0, 0.05) is 12.0 Å². The molecule has 1 unspecified atom stereocenters. The van der Waals surface area contributed by atoms with Gasteiger partial charge >= 0.3 is 0 Å². The van der Waals surface area contributed by atoms with Crippen molar-refractivity contribution < 1.29 is 0 Å². The Bertz CT molecular complexity index is 189. The van der Waals surface area contributed by atoms with Gasteiger partial charge < -0.3 is 4.90 Å². The molecule has 0 rings (SSSR count). The smallest absolute Gasteiger partial charge is 0.0503 e. The number of hydrogen-bond donors (Lipinski definition) is 2. The van der Waals surface area contributed by atoms with Crippen molar-refractivity contribution in [1.82, 2.24) is 10.3 Å². The Kier molecular flexibility index (Phi) is 5.78. The van der Waals surface area contributed by atoms with Gasteiger partial charge in [-0.1, -0.05) is 13.8 Å². The summed E-state index contributed by atoms with van der Waals surface area (Å²) in [7, 11) is 4.15. The summed E-state index contributed by atoms with van der Waals surface area (Å²) in [6, 6.07) is 0.150. The van der Waals surface area contributed by atoms with Crippen LogP contribution in [0.25, 0.3) is 0 Å². The third-order valence-corrected chi connectivity index (χ3v) is 3.29. The Morgan fingerprint density at radius 3 is 2.14 bits per heavy atom. The zero-order chi connectivity index (χ0) is 11.2. The van der Waals surface area contributed by atoms with Crippen LogP contribution < -0.4 is 11.3 Å². The van der Waals surface area contributed by atoms with Gasteiger partial charge in [-0.3, -0.25) is 11.3 Å². The first-order valence-corrected chi connectivity index (χ1v) is 5.16. The summed E-state index contributed by atoms with van der Waals surface area (Å²) in [5, 5.41) is 0. The monoisotopic (exact) mass is 197 g/mol. The highest BCUT2D eigenvalue weighted by Gasteiger charge is 2.36. The van der Waals surface area contributed by atoms with Crippen molar-refractivity contribution in [2.24, 2.45) is 5.84 Å². The summed E-state index contributed by atoms with van der Waals surface area (Å²) < 4.78 is 0. The highest BCUT2D eigenvalue weighted by atomic mass is 15.3. The van der Waals surface area contributed by atoms with Crippen LogP contribution in [-0.4, -0.2) is 30.6 Å². The predicted molar refractivity (Wildman–Crippen MR) is 61.6 cm³/mol. The van der Waals surface area contributed by atoms with Crippen LogP contribution >= 0.6 is 0 Å². The number of hydrazine groups is 1. The van der Waals surface area contributed by atoms with Crippen LogP contribution in [0.3, 0.4) is 0 Å². The lowest BCUT2D eigenvalue weighted by Crippen LogP contribution is -2.60. The van der Waals surface area contributed by atoms with Crippen molar-refractivity contribution in [1.29, 1.82) is 0 Å². The Morgan fingerprint density at radius 1 is 1.43 bits per heavy atom. The number of likely N-dealkylation sites (N-methyl/N-ethyl adjacent to an activating group) is 1. The van der Waals surface area contributed by atoms with Gasteiger partial charge in [-0.05, 0) is 26.9 Å². The van der Waals surface area contributed by atoms with E-state index in [-0.39, 0.29) is 11.6 Å². The Labute approximate surface area is 88.0 Å². The first-order chi connectivity index (χ1) is 6.58. The van der Waals surface area contributed by atoms with Gasteiger partial charge in [0.25, 0.3) is 0 Å². The van der Waals surface area contributed by atoms with Crippen LogP contribution in [0, 0.1) is 12.3 Å². The third-order valence-electron chi connectivity index (χ3n) is 3.29. The fourth-order valence-electron chi connectivity index (χ4n) is 2.21. The topological polar surface area (TPSA) is 41.3 Å². The molecule has 0 amide bonds. The Balaban J connectivity index is 4.84. The van der Waals surface area contributed by atoms with Crippen molar-refractivity contribution in [3.05, 3.63) is 0 Å². The fourth-order valence-corrected chi connectivity index (χ4v) is 2.21. The quantitative estimate of drug-likeness (QED) is 0.378. The van der Waals surface area contributed by atoms with Crippen LogP contribution in [0.2, 0.25) is 0 Å². The molecule has 3 nitrogen and oxygen atoms in total. The molecule has 0 bridgehead atoms. The molecule has 0 spiro atoms. The average molecular weight is 197 g/mol. The standard InChI is InChI=1S/C11H23N3/c1-6-9-10(13-12)11(7-2,8-3)14(4)5/h1,10,13H,7-9,12H2,2-5H3. The second-order valence-corrected chi connectivity index (χ2v) is 3.83. The number of terminal acetylenes is 1. The lowest BCUT2D eigenvalue weighted by Gasteiger charge is -2.44. The summed E-state index contributed by atoms with van der Waals surface area (Å²) in [5.41, 5.74) is 2.90. The molecule has 1 atom stereocenters. The second kappa shape index (κ2) is 6.02. The van der Waals surface area contributed by atoms with Crippen LogP contribution in [-0.2, 0) is 0 Å². The molecule has 82 valence electrons. The maximum atomic E-state index is 5.56. The van der Waals surface area contributed by atoms with Gasteiger partial charge in [-0.25, -0.2) is 0 Å². The predicted octanol–water partition coefficient (Wildman–Crippen LogP) is 0.962. The molecule has 0 saturated heterocycles. The zero-order valence-electron chi connectivity index (χ0n) is 9.80. The number of nitrogens with zero attached hydrogens (tertiary/aromatic N) is 1. The minimum atomic E-state index is 0.0567. The molecular weight excluding hydrogens is 174 g/mol. The van der Waals surface area contributed by atoms with Gasteiger partial charge in [-0.2, -0.15) is 0 Å². The lowest BCUT2D eigenvalue weighted by atomic mass is 9.82. The second-order valence-electron chi connectivity index (χ2n) is 3.83. The van der Waals surface area contributed by atoms with E-state index in [4.69, 9.17) is 12.3 Å². The minimum absolute atomic E-state index is 0.0567. The normalized spacial score (nSPS) is 14.1. The van der Waals surface area contributed by atoms with Crippen LogP contribution in [0.1, 0.15) is 33.1 Å². The molecular formula is C11H23N3. The van der Waals surface area contributed by atoms with E-state index in [0.29, 0.717) is 6.42 Å². The van der Waals surface area contributed by atoms with E-state index in [2.05, 4.69) is 44.2 Å². The highest BCUT2D eigenvalue weighted by molar-refractivity contribution is 5.02. The SMILES string of the molecule is C#CCC(NN)C(CC)(CC)N(C)C. The van der Waals surface area contributed by atoms with E-state index in [1.54, 1.807) is 0 Å². The highest BCUT2D eigenvalue weighted by Crippen LogP contribution is 2.26. The Morgan fingerprint density at radius 2 is 1.93 bits per heavy atom. The van der Waals surface area contributed by atoms with Crippen molar-refractivity contribution in [2.45, 2.75) is 44.7 Å². The number of nitrogens with two attached hydrogens (primary N) is 1. The van der Waals surface area contributed by atoms with Gasteiger partial charge in [0.1, 0.15) is 0 Å². The largest absolute Gasteiger partial charge is 0.302 e. The van der Waals surface area contributed by atoms with Crippen molar-refractivity contribution >= 4 is 0 Å². The summed E-state index contributed by atoms with van der Waals surface area (Å²) in [5.74, 6) is 8.24. The van der Waals surface area contributed by atoms with Crippen LogP contribution in [0.15, 0.2) is 0 Å². The van der Waals surface area contributed by atoms with E-state index >= 15 is 0 Å². The number of rotatable bonds is 6. The van der Waals surface area contributed by atoms with Crippen molar-refractivity contribution in [3.63, 3.8) is 0 Å². The molecule has 0 aromatic carbocycles. The van der Waals surface area contributed by atoms with Crippen molar-refractivity contribution in [3.8, 4) is 12.3 Å². The molecule has 0 radical (unpaired) electrons. The average Bonchev–Trinajstić information content (AvgIpc) is 2.18. The first-order valence-electron chi connectivity index (χ1n) is 5.16. The summed E-state index contributed by atoms with van der Waals surface area (Å²) in [4.78, 5) is 2.22. The van der Waals surface area contributed by atoms with Gasteiger partial charge in [0.2, 0.25) is 0 Å². The molecule has 0 aliphatic heterocycles. The summed E-state index contributed by atoms with van der Waals surface area (Å²) in [6.45, 7) is 4.34. The molecule has 0 saturated carbocycles. The molecule has 0 aliphatic rings. The summed E-state index contributed by atoms with van der Waals surface area (Å²) in [6.07, 6.45) is 8.08. The molecule has 14 heavy (non-hydrogen) atoms. The van der Waals surface area contributed by atoms with E-state index in [1.807, 2.05) is 0 Å². The molecule has 0 aromatic rings. The maximum Gasteiger partial charge on any atom is 0.0503 e. The lowest BCUT2D eigenvalue weighted by molar-refractivity contribution is 0.0903. The third kappa shape index (κ3) is 2.48. The van der Waals surface area contributed by atoms with Gasteiger partial charge in [0.05, 0.1) is 6.04 Å². The van der Waals surface area contributed by atoms with E-state index in [9.17, 15) is 0 Å². The molecule has 0 aliphatic carbocycles. The molecule has 0 aromatic heterocycles. The zero-order valence-corrected chi connectivity index (χ0v) is 9.80. The molecule has 3 N–H and O–H groups in total. The van der Waals surface area contributed by atoms with E-state index in [0.717, 1.165) is 12.8 Å². The first kappa shape index (κ1) is 13.4. The van der Waals surface area contributed by atoms with E-state index < -0.39 is 0 Å². The van der Waals surface area contributed by atoms with Crippen molar-refractivity contribution in [2.75, 3.05) is 14.1 Å².